The van der Waals surface area contributed by atoms with Gasteiger partial charge in [-0.15, -0.1) is 0 Å². The van der Waals surface area contributed by atoms with Gasteiger partial charge in [0.15, 0.2) is 0 Å². The molecule has 2 N–H and O–H groups in total. The van der Waals surface area contributed by atoms with E-state index in [1.807, 2.05) is 6.92 Å². The standard InChI is InChI=1S/C20H18ClNO4/c1-12-3-4-13(9-17(12)21)20(24)22-14-5-7-18(25-2)16(10-14)19-8-6-15(11-23)26-19/h3-10,23H,11H2,1-2H3,(H,22,24). The van der Waals surface area contributed by atoms with Crippen LogP contribution in [0.25, 0.3) is 11.3 Å². The first-order chi connectivity index (χ1) is 12.5. The summed E-state index contributed by atoms with van der Waals surface area (Å²) in [6.07, 6.45) is 0. The van der Waals surface area contributed by atoms with E-state index in [0.717, 1.165) is 5.56 Å². The van der Waals surface area contributed by atoms with Gasteiger partial charge in [-0.2, -0.15) is 0 Å². The molecule has 2 aromatic carbocycles. The van der Waals surface area contributed by atoms with Crippen molar-refractivity contribution in [1.82, 2.24) is 0 Å². The third-order valence-corrected chi connectivity index (χ3v) is 4.38. The molecule has 0 fully saturated rings. The number of carbonyl (C=O) groups is 1. The van der Waals surface area contributed by atoms with E-state index in [4.69, 9.17) is 20.8 Å². The van der Waals surface area contributed by atoms with Crippen LogP contribution >= 0.6 is 11.6 Å². The van der Waals surface area contributed by atoms with Gasteiger partial charge in [0.2, 0.25) is 0 Å². The Labute approximate surface area is 156 Å². The van der Waals surface area contributed by atoms with E-state index in [1.165, 1.54) is 0 Å². The van der Waals surface area contributed by atoms with Crippen LogP contribution in [0, 0.1) is 6.92 Å². The number of carbonyl (C=O) groups excluding carboxylic acids is 1. The maximum Gasteiger partial charge on any atom is 0.255 e. The van der Waals surface area contributed by atoms with Crippen LogP contribution in [0.15, 0.2) is 52.9 Å². The largest absolute Gasteiger partial charge is 0.496 e. The van der Waals surface area contributed by atoms with Gasteiger partial charge < -0.3 is 19.6 Å². The minimum atomic E-state index is -0.265. The van der Waals surface area contributed by atoms with E-state index in [1.54, 1.807) is 55.6 Å². The highest BCUT2D eigenvalue weighted by atomic mass is 35.5. The predicted molar refractivity (Wildman–Crippen MR) is 101 cm³/mol. The van der Waals surface area contributed by atoms with Crippen LogP contribution in [-0.2, 0) is 6.61 Å². The molecule has 0 aliphatic heterocycles. The zero-order valence-electron chi connectivity index (χ0n) is 14.4. The Morgan fingerprint density at radius 2 is 2.00 bits per heavy atom. The Kier molecular flexibility index (Phi) is 5.30. The van der Waals surface area contributed by atoms with Crippen LogP contribution in [0.3, 0.4) is 0 Å². The van der Waals surface area contributed by atoms with Crippen LogP contribution in [-0.4, -0.2) is 18.1 Å². The summed E-state index contributed by atoms with van der Waals surface area (Å²) in [7, 11) is 1.56. The zero-order valence-corrected chi connectivity index (χ0v) is 15.1. The van der Waals surface area contributed by atoms with Gasteiger partial charge in [-0.05, 0) is 55.0 Å². The number of halogens is 1. The summed E-state index contributed by atoms with van der Waals surface area (Å²) in [4.78, 5) is 12.5. The number of methoxy groups -OCH3 is 1. The maximum atomic E-state index is 12.5. The fourth-order valence-corrected chi connectivity index (χ4v) is 2.70. The molecular weight excluding hydrogens is 354 g/mol. The molecule has 5 nitrogen and oxygen atoms in total. The molecule has 1 heterocycles. The van der Waals surface area contributed by atoms with E-state index in [-0.39, 0.29) is 12.5 Å². The van der Waals surface area contributed by atoms with Gasteiger partial charge in [0.25, 0.3) is 5.91 Å². The number of rotatable bonds is 5. The number of nitrogens with one attached hydrogen (secondary N) is 1. The molecule has 3 rings (SSSR count). The molecule has 3 aromatic rings. The summed E-state index contributed by atoms with van der Waals surface area (Å²) in [5.41, 5.74) is 2.64. The van der Waals surface area contributed by atoms with Crippen LogP contribution in [0.5, 0.6) is 5.75 Å². The van der Waals surface area contributed by atoms with Gasteiger partial charge in [0.1, 0.15) is 23.9 Å². The molecule has 0 radical (unpaired) electrons. The molecule has 0 bridgehead atoms. The summed E-state index contributed by atoms with van der Waals surface area (Å²) < 4.78 is 10.9. The molecule has 0 aliphatic rings. The molecular formula is C20H18ClNO4. The van der Waals surface area contributed by atoms with Crippen LogP contribution in [0.4, 0.5) is 5.69 Å². The minimum absolute atomic E-state index is 0.188. The SMILES string of the molecule is COc1ccc(NC(=O)c2ccc(C)c(Cl)c2)cc1-c1ccc(CO)o1. The summed E-state index contributed by atoms with van der Waals surface area (Å²) in [5, 5.41) is 12.6. The first-order valence-corrected chi connectivity index (χ1v) is 8.35. The number of aliphatic hydroxyl groups is 1. The van der Waals surface area contributed by atoms with E-state index >= 15 is 0 Å². The summed E-state index contributed by atoms with van der Waals surface area (Å²) in [6, 6.07) is 13.8. The van der Waals surface area contributed by atoms with E-state index in [9.17, 15) is 9.90 Å². The number of aryl methyl sites for hydroxylation is 1. The van der Waals surface area contributed by atoms with Crippen molar-refractivity contribution in [2.75, 3.05) is 12.4 Å². The monoisotopic (exact) mass is 371 g/mol. The highest BCUT2D eigenvalue weighted by molar-refractivity contribution is 6.31. The van der Waals surface area contributed by atoms with Crippen LogP contribution in [0.1, 0.15) is 21.7 Å². The fourth-order valence-electron chi connectivity index (χ4n) is 2.52. The van der Waals surface area contributed by atoms with Crippen molar-refractivity contribution in [2.24, 2.45) is 0 Å². The van der Waals surface area contributed by atoms with Crippen molar-refractivity contribution < 1.29 is 19.1 Å². The summed E-state index contributed by atoms with van der Waals surface area (Å²) >= 11 is 6.09. The molecule has 134 valence electrons. The van der Waals surface area contributed by atoms with Gasteiger partial charge in [0.05, 0.1) is 12.7 Å². The van der Waals surface area contributed by atoms with Crippen molar-refractivity contribution in [3.8, 4) is 17.1 Å². The lowest BCUT2D eigenvalue weighted by Gasteiger charge is -2.11. The molecule has 0 saturated carbocycles. The van der Waals surface area contributed by atoms with Crippen molar-refractivity contribution in [1.29, 1.82) is 0 Å². The van der Waals surface area contributed by atoms with E-state index in [2.05, 4.69) is 5.32 Å². The van der Waals surface area contributed by atoms with Crippen molar-refractivity contribution in [3.63, 3.8) is 0 Å². The Hall–Kier alpha value is -2.76. The molecule has 0 spiro atoms. The lowest BCUT2D eigenvalue weighted by atomic mass is 10.1. The molecule has 26 heavy (non-hydrogen) atoms. The van der Waals surface area contributed by atoms with Crippen LogP contribution < -0.4 is 10.1 Å². The number of ether oxygens (including phenoxy) is 1. The molecule has 0 saturated heterocycles. The number of benzene rings is 2. The van der Waals surface area contributed by atoms with Crippen molar-refractivity contribution in [2.45, 2.75) is 13.5 Å². The normalized spacial score (nSPS) is 10.6. The third-order valence-electron chi connectivity index (χ3n) is 3.97. The van der Waals surface area contributed by atoms with Gasteiger partial charge in [-0.3, -0.25) is 4.79 Å². The second kappa shape index (κ2) is 7.64. The van der Waals surface area contributed by atoms with Gasteiger partial charge in [0, 0.05) is 16.3 Å². The summed E-state index contributed by atoms with van der Waals surface area (Å²) in [5.74, 6) is 1.32. The first kappa shape index (κ1) is 18.0. The number of anilines is 1. The molecule has 0 atom stereocenters. The molecule has 1 amide bonds. The number of aliphatic hydroxyl groups excluding tert-OH is 1. The second-order valence-corrected chi connectivity index (χ2v) is 6.16. The molecule has 6 heteroatoms. The number of amides is 1. The first-order valence-electron chi connectivity index (χ1n) is 7.97. The van der Waals surface area contributed by atoms with Gasteiger partial charge in [-0.1, -0.05) is 17.7 Å². The predicted octanol–water partition coefficient (Wildman–Crippen LogP) is 4.66. The van der Waals surface area contributed by atoms with E-state index in [0.29, 0.717) is 39.1 Å². The Morgan fingerprint density at radius 3 is 2.65 bits per heavy atom. The second-order valence-electron chi connectivity index (χ2n) is 5.76. The van der Waals surface area contributed by atoms with E-state index < -0.39 is 0 Å². The van der Waals surface area contributed by atoms with Gasteiger partial charge >= 0.3 is 0 Å². The average Bonchev–Trinajstić information content (AvgIpc) is 3.13. The number of hydrogen-bond donors (Lipinski definition) is 2. The Bertz CT molecular complexity index is 949. The molecule has 0 aliphatic carbocycles. The number of hydrogen-bond acceptors (Lipinski definition) is 4. The van der Waals surface area contributed by atoms with Gasteiger partial charge in [-0.25, -0.2) is 0 Å². The molecule has 0 unspecified atom stereocenters. The average molecular weight is 372 g/mol. The topological polar surface area (TPSA) is 71.7 Å². The fraction of sp³-hybridized carbons (Fsp3) is 0.150. The Balaban J connectivity index is 1.89. The lowest BCUT2D eigenvalue weighted by Crippen LogP contribution is -2.12. The number of furan rings is 1. The highest BCUT2D eigenvalue weighted by Crippen LogP contribution is 2.34. The minimum Gasteiger partial charge on any atom is -0.496 e. The Morgan fingerprint density at radius 1 is 1.19 bits per heavy atom. The zero-order chi connectivity index (χ0) is 18.7. The quantitative estimate of drug-likeness (QED) is 0.684. The van der Waals surface area contributed by atoms with Crippen LogP contribution in [0.2, 0.25) is 5.02 Å². The smallest absolute Gasteiger partial charge is 0.255 e. The molecule has 1 aromatic heterocycles. The summed E-state index contributed by atoms with van der Waals surface area (Å²) in [6.45, 7) is 1.69. The highest BCUT2D eigenvalue weighted by Gasteiger charge is 2.14. The lowest BCUT2D eigenvalue weighted by molar-refractivity contribution is 0.102. The maximum absolute atomic E-state index is 12.5. The van der Waals surface area contributed by atoms with Crippen molar-refractivity contribution >= 4 is 23.2 Å². The van der Waals surface area contributed by atoms with Crippen molar-refractivity contribution in [3.05, 3.63) is 70.4 Å². The third kappa shape index (κ3) is 3.74.